The van der Waals surface area contributed by atoms with E-state index >= 15 is 0 Å². The van der Waals surface area contributed by atoms with E-state index in [-0.39, 0.29) is 0 Å². The van der Waals surface area contributed by atoms with Gasteiger partial charge in [0.2, 0.25) is 0 Å². The van der Waals surface area contributed by atoms with Gasteiger partial charge in [0, 0.05) is 5.56 Å². The zero-order chi connectivity index (χ0) is 13.7. The van der Waals surface area contributed by atoms with Crippen molar-refractivity contribution in [3.05, 3.63) is 50.7 Å². The first-order chi connectivity index (χ1) is 9.20. The van der Waals surface area contributed by atoms with Crippen molar-refractivity contribution in [2.75, 3.05) is 6.54 Å². The first kappa shape index (κ1) is 14.0. The van der Waals surface area contributed by atoms with Gasteiger partial charge in [0.15, 0.2) is 0 Å². The third-order valence-corrected chi connectivity index (χ3v) is 3.71. The lowest BCUT2D eigenvalue weighted by atomic mass is 10.2. The fraction of sp³-hybridized carbons (Fsp3) is 0.200. The van der Waals surface area contributed by atoms with E-state index in [1.807, 2.05) is 36.6 Å². The van der Waals surface area contributed by atoms with Gasteiger partial charge in [-0.1, -0.05) is 29.5 Å². The second kappa shape index (κ2) is 6.63. The lowest BCUT2D eigenvalue weighted by Crippen LogP contribution is -1.96. The van der Waals surface area contributed by atoms with Crippen LogP contribution < -0.4 is 10.5 Å². The Hall–Kier alpha value is -1.47. The number of nitrogens with two attached hydrogens (primary N) is 1. The first-order valence-corrected chi connectivity index (χ1v) is 7.10. The summed E-state index contributed by atoms with van der Waals surface area (Å²) in [6, 6.07) is 7.73. The fourth-order valence-electron chi connectivity index (χ4n) is 1.58. The van der Waals surface area contributed by atoms with Gasteiger partial charge in [0.05, 0.1) is 16.4 Å². The predicted octanol–water partition coefficient (Wildman–Crippen LogP) is 3.60. The van der Waals surface area contributed by atoms with Gasteiger partial charge in [0.1, 0.15) is 12.4 Å². The topological polar surface area (TPSA) is 35.2 Å². The average molecular weight is 292 g/mol. The molecule has 0 saturated heterocycles. The van der Waals surface area contributed by atoms with E-state index < -0.39 is 0 Å². The van der Waals surface area contributed by atoms with Gasteiger partial charge in [0.25, 0.3) is 0 Å². The summed E-state index contributed by atoms with van der Waals surface area (Å²) in [5.41, 5.74) is 7.46. The normalized spacial score (nSPS) is 9.84. The summed E-state index contributed by atoms with van der Waals surface area (Å²) in [5, 5.41) is 2.63. The highest BCUT2D eigenvalue weighted by Crippen LogP contribution is 2.27. The van der Waals surface area contributed by atoms with Crippen LogP contribution in [0.1, 0.15) is 16.0 Å². The predicted molar refractivity (Wildman–Crippen MR) is 80.8 cm³/mol. The van der Waals surface area contributed by atoms with Crippen molar-refractivity contribution in [1.82, 2.24) is 0 Å². The molecule has 19 heavy (non-hydrogen) atoms. The molecule has 0 spiro atoms. The maximum absolute atomic E-state index is 6.13. The Morgan fingerprint density at radius 2 is 2.21 bits per heavy atom. The molecule has 0 aliphatic carbocycles. The number of thiophene rings is 1. The molecule has 0 fully saturated rings. The Labute approximate surface area is 122 Å². The maximum atomic E-state index is 6.13. The van der Waals surface area contributed by atoms with Crippen molar-refractivity contribution in [1.29, 1.82) is 0 Å². The third-order valence-electron chi connectivity index (χ3n) is 2.52. The second-order valence-electron chi connectivity index (χ2n) is 3.99. The Balaban J connectivity index is 2.08. The lowest BCUT2D eigenvalue weighted by Gasteiger charge is -2.07. The van der Waals surface area contributed by atoms with Crippen molar-refractivity contribution in [3.63, 3.8) is 0 Å². The van der Waals surface area contributed by atoms with Crippen molar-refractivity contribution in [2.45, 2.75) is 13.5 Å². The Morgan fingerprint density at radius 1 is 1.37 bits per heavy atom. The number of halogens is 1. The summed E-state index contributed by atoms with van der Waals surface area (Å²) in [4.78, 5) is 1.08. The van der Waals surface area contributed by atoms with Crippen LogP contribution in [0.3, 0.4) is 0 Å². The van der Waals surface area contributed by atoms with Gasteiger partial charge in [-0.15, -0.1) is 11.3 Å². The molecular weight excluding hydrogens is 278 g/mol. The first-order valence-electron chi connectivity index (χ1n) is 5.85. The highest BCUT2D eigenvalue weighted by molar-refractivity contribution is 7.10. The van der Waals surface area contributed by atoms with Gasteiger partial charge in [-0.2, -0.15) is 0 Å². The number of rotatable bonds is 3. The highest BCUT2D eigenvalue weighted by Gasteiger charge is 2.05. The minimum absolute atomic E-state index is 0.361. The summed E-state index contributed by atoms with van der Waals surface area (Å²) in [7, 11) is 0. The van der Waals surface area contributed by atoms with Crippen LogP contribution in [-0.4, -0.2) is 6.54 Å². The summed E-state index contributed by atoms with van der Waals surface area (Å²) >= 11 is 7.74. The molecule has 1 aromatic carbocycles. The van der Waals surface area contributed by atoms with E-state index in [2.05, 4.69) is 11.8 Å². The van der Waals surface area contributed by atoms with Crippen molar-refractivity contribution in [2.24, 2.45) is 5.73 Å². The van der Waals surface area contributed by atoms with Gasteiger partial charge >= 0.3 is 0 Å². The largest absolute Gasteiger partial charge is 0.486 e. The van der Waals surface area contributed by atoms with Crippen LogP contribution in [0.2, 0.25) is 5.02 Å². The Kier molecular flexibility index (Phi) is 4.86. The number of hydrogen-bond donors (Lipinski definition) is 1. The standard InChI is InChI=1S/C15H14ClNOS/c1-11-4-5-14(13(16)9-11)18-10-15-12(3-2-7-17)6-8-19-15/h4-6,8-9H,7,10,17H2,1H3. The van der Waals surface area contributed by atoms with Crippen LogP contribution in [0.4, 0.5) is 0 Å². The van der Waals surface area contributed by atoms with Crippen molar-refractivity contribution >= 4 is 22.9 Å². The van der Waals surface area contributed by atoms with E-state index in [0.717, 1.165) is 16.0 Å². The molecule has 0 amide bonds. The number of hydrogen-bond acceptors (Lipinski definition) is 3. The summed E-state index contributed by atoms with van der Waals surface area (Å²) in [6.45, 7) is 2.82. The quantitative estimate of drug-likeness (QED) is 0.877. The zero-order valence-corrected chi connectivity index (χ0v) is 12.1. The van der Waals surface area contributed by atoms with E-state index in [1.165, 1.54) is 0 Å². The molecule has 0 atom stereocenters. The molecule has 1 heterocycles. The van der Waals surface area contributed by atoms with E-state index in [1.54, 1.807) is 11.3 Å². The molecule has 2 nitrogen and oxygen atoms in total. The van der Waals surface area contributed by atoms with Gasteiger partial charge in [-0.25, -0.2) is 0 Å². The SMILES string of the molecule is Cc1ccc(OCc2sccc2C#CCN)c(Cl)c1. The molecule has 0 aliphatic rings. The van der Waals surface area contributed by atoms with E-state index in [9.17, 15) is 0 Å². The maximum Gasteiger partial charge on any atom is 0.138 e. The van der Waals surface area contributed by atoms with Gasteiger partial charge in [-0.3, -0.25) is 0 Å². The molecule has 2 N–H and O–H groups in total. The number of ether oxygens (including phenoxy) is 1. The molecule has 4 heteroatoms. The van der Waals surface area contributed by atoms with Crippen LogP contribution in [0.5, 0.6) is 5.75 Å². The van der Waals surface area contributed by atoms with E-state index in [4.69, 9.17) is 22.1 Å². The monoisotopic (exact) mass is 291 g/mol. The molecule has 0 radical (unpaired) electrons. The molecular formula is C15H14ClNOS. The molecule has 0 saturated carbocycles. The molecule has 0 bridgehead atoms. The summed E-state index contributed by atoms with van der Waals surface area (Å²) in [5.74, 6) is 6.58. The van der Waals surface area contributed by atoms with Crippen LogP contribution >= 0.6 is 22.9 Å². The van der Waals surface area contributed by atoms with Crippen LogP contribution in [0.15, 0.2) is 29.6 Å². The minimum Gasteiger partial charge on any atom is -0.486 e. The average Bonchev–Trinajstić information content (AvgIpc) is 2.83. The molecule has 1 aromatic heterocycles. The number of aryl methyl sites for hydroxylation is 1. The fourth-order valence-corrected chi connectivity index (χ4v) is 2.61. The Bertz CT molecular complexity index is 625. The van der Waals surface area contributed by atoms with Crippen LogP contribution in [0, 0.1) is 18.8 Å². The van der Waals surface area contributed by atoms with Gasteiger partial charge in [-0.05, 0) is 36.1 Å². The second-order valence-corrected chi connectivity index (χ2v) is 5.39. The zero-order valence-electron chi connectivity index (χ0n) is 10.6. The van der Waals surface area contributed by atoms with Crippen molar-refractivity contribution in [3.8, 4) is 17.6 Å². The molecule has 0 aliphatic heterocycles. The van der Waals surface area contributed by atoms with Crippen molar-refractivity contribution < 1.29 is 4.74 Å². The third kappa shape index (κ3) is 3.74. The molecule has 2 rings (SSSR count). The Morgan fingerprint density at radius 3 is 2.95 bits per heavy atom. The summed E-state index contributed by atoms with van der Waals surface area (Å²) < 4.78 is 5.74. The molecule has 2 aromatic rings. The minimum atomic E-state index is 0.361. The molecule has 0 unspecified atom stereocenters. The number of benzene rings is 1. The van der Waals surface area contributed by atoms with Crippen LogP contribution in [-0.2, 0) is 6.61 Å². The highest BCUT2D eigenvalue weighted by atomic mass is 35.5. The molecule has 98 valence electrons. The van der Waals surface area contributed by atoms with E-state index in [0.29, 0.717) is 23.9 Å². The smallest absolute Gasteiger partial charge is 0.138 e. The van der Waals surface area contributed by atoms with Crippen LogP contribution in [0.25, 0.3) is 0 Å². The summed E-state index contributed by atoms with van der Waals surface area (Å²) in [6.07, 6.45) is 0. The van der Waals surface area contributed by atoms with Gasteiger partial charge < -0.3 is 10.5 Å². The lowest BCUT2D eigenvalue weighted by molar-refractivity contribution is 0.309.